The van der Waals surface area contributed by atoms with E-state index in [1.54, 1.807) is 12.1 Å². The third-order valence-corrected chi connectivity index (χ3v) is 5.77. The lowest BCUT2D eigenvalue weighted by Gasteiger charge is -2.31. The zero-order valence-corrected chi connectivity index (χ0v) is 17.2. The minimum atomic E-state index is -1.19. The number of rotatable bonds is 5. The van der Waals surface area contributed by atoms with E-state index in [1.165, 1.54) is 5.48 Å². The highest BCUT2D eigenvalue weighted by Crippen LogP contribution is 2.32. The molecular weight excluding hydrogens is 416 g/mol. The van der Waals surface area contributed by atoms with Crippen LogP contribution in [0.4, 0.5) is 10.5 Å². The van der Waals surface area contributed by atoms with Crippen LogP contribution >= 0.6 is 0 Å². The van der Waals surface area contributed by atoms with E-state index in [1.807, 2.05) is 36.4 Å². The summed E-state index contributed by atoms with van der Waals surface area (Å²) in [6.45, 7) is 1.89. The highest BCUT2D eigenvalue weighted by molar-refractivity contribution is 5.95. The molecule has 10 nitrogen and oxygen atoms in total. The lowest BCUT2D eigenvalue weighted by molar-refractivity contribution is -0.133. The highest BCUT2D eigenvalue weighted by atomic mass is 16.5. The van der Waals surface area contributed by atoms with Gasteiger partial charge in [-0.25, -0.2) is 10.3 Å². The zero-order chi connectivity index (χ0) is 22.7. The van der Waals surface area contributed by atoms with Gasteiger partial charge in [-0.3, -0.25) is 14.8 Å². The molecule has 2 aliphatic rings. The molecule has 3 amide bonds. The second-order valence-electron chi connectivity index (χ2n) is 7.78. The summed E-state index contributed by atoms with van der Waals surface area (Å²) in [5, 5.41) is 20.8. The van der Waals surface area contributed by atoms with Crippen LogP contribution in [0.25, 0.3) is 0 Å². The number of carbonyl (C=O) groups is 3. The van der Waals surface area contributed by atoms with Gasteiger partial charge >= 0.3 is 6.09 Å². The molecule has 2 aromatic rings. The number of carboxylic acid groups (broad SMARTS) is 1. The molecule has 0 radical (unpaired) electrons. The van der Waals surface area contributed by atoms with Crippen molar-refractivity contribution in [3.63, 3.8) is 0 Å². The predicted molar refractivity (Wildman–Crippen MR) is 114 cm³/mol. The molecule has 2 heterocycles. The number of benzene rings is 2. The maximum atomic E-state index is 12.7. The number of carbonyl (C=O) groups excluding carboxylic acids is 2. The SMILES string of the molecule is O=C(N[C@@H]1CN(C(=O)O)C[C@@H]1C(=O)NO)c1ccc(CN2CCOc3ccccc32)cc1. The third-order valence-electron chi connectivity index (χ3n) is 5.77. The van der Waals surface area contributed by atoms with Gasteiger partial charge in [-0.2, -0.15) is 0 Å². The summed E-state index contributed by atoms with van der Waals surface area (Å²) in [5.41, 5.74) is 3.98. The van der Waals surface area contributed by atoms with Crippen molar-refractivity contribution < 1.29 is 29.4 Å². The van der Waals surface area contributed by atoms with Crippen LogP contribution in [0.1, 0.15) is 15.9 Å². The fourth-order valence-electron chi connectivity index (χ4n) is 4.08. The number of ether oxygens (including phenoxy) is 1. The minimum Gasteiger partial charge on any atom is -0.490 e. The number of hydrogen-bond donors (Lipinski definition) is 4. The van der Waals surface area contributed by atoms with Crippen LogP contribution in [0, 0.1) is 5.92 Å². The van der Waals surface area contributed by atoms with E-state index in [9.17, 15) is 19.5 Å². The number of amides is 3. The first kappa shape index (κ1) is 21.4. The lowest BCUT2D eigenvalue weighted by atomic mass is 10.0. The van der Waals surface area contributed by atoms with Crippen molar-refractivity contribution in [1.82, 2.24) is 15.7 Å². The topological polar surface area (TPSA) is 131 Å². The molecule has 2 aliphatic heterocycles. The Kier molecular flexibility index (Phi) is 6.13. The quantitative estimate of drug-likeness (QED) is 0.407. The fourth-order valence-corrected chi connectivity index (χ4v) is 4.08. The largest absolute Gasteiger partial charge is 0.490 e. The molecule has 1 fully saturated rings. The smallest absolute Gasteiger partial charge is 0.407 e. The maximum Gasteiger partial charge on any atom is 0.407 e. The number of hydroxylamine groups is 1. The Balaban J connectivity index is 1.41. The number of nitrogens with zero attached hydrogens (tertiary/aromatic N) is 2. The summed E-state index contributed by atoms with van der Waals surface area (Å²) in [6.07, 6.45) is -1.19. The Hall–Kier alpha value is -3.79. The van der Waals surface area contributed by atoms with Gasteiger partial charge in [0.2, 0.25) is 5.91 Å². The van der Waals surface area contributed by atoms with Gasteiger partial charge in [-0.1, -0.05) is 24.3 Å². The molecule has 4 rings (SSSR count). The van der Waals surface area contributed by atoms with Gasteiger partial charge in [0.25, 0.3) is 5.91 Å². The van der Waals surface area contributed by atoms with Gasteiger partial charge in [0.05, 0.1) is 24.2 Å². The molecular formula is C22H24N4O6. The molecule has 4 N–H and O–H groups in total. The fraction of sp³-hybridized carbons (Fsp3) is 0.318. The molecule has 0 bridgehead atoms. The van der Waals surface area contributed by atoms with Gasteiger partial charge in [0.15, 0.2) is 0 Å². The molecule has 0 aromatic heterocycles. The van der Waals surface area contributed by atoms with Crippen molar-refractivity contribution >= 4 is 23.6 Å². The maximum absolute atomic E-state index is 12.7. The van der Waals surface area contributed by atoms with Crippen molar-refractivity contribution in [2.45, 2.75) is 12.6 Å². The Bertz CT molecular complexity index is 1010. The minimum absolute atomic E-state index is 0.0340. The van der Waals surface area contributed by atoms with Gasteiger partial charge < -0.3 is 25.0 Å². The zero-order valence-electron chi connectivity index (χ0n) is 17.2. The molecule has 0 unspecified atom stereocenters. The number of para-hydroxylation sites is 2. The first-order chi connectivity index (χ1) is 15.5. The van der Waals surface area contributed by atoms with Crippen molar-refractivity contribution in [2.24, 2.45) is 5.92 Å². The van der Waals surface area contributed by atoms with Crippen LogP contribution in [0.3, 0.4) is 0 Å². The molecule has 10 heteroatoms. The van der Waals surface area contributed by atoms with Crippen molar-refractivity contribution in [3.8, 4) is 5.75 Å². The van der Waals surface area contributed by atoms with Gasteiger partial charge in [-0.05, 0) is 29.8 Å². The van der Waals surface area contributed by atoms with E-state index in [0.29, 0.717) is 18.7 Å². The lowest BCUT2D eigenvalue weighted by Crippen LogP contribution is -2.45. The summed E-state index contributed by atoms with van der Waals surface area (Å²) in [4.78, 5) is 39.1. The van der Waals surface area contributed by atoms with Crippen LogP contribution in [0.5, 0.6) is 5.75 Å². The second-order valence-corrected chi connectivity index (χ2v) is 7.78. The van der Waals surface area contributed by atoms with Crippen LogP contribution in [0.2, 0.25) is 0 Å². The summed E-state index contributed by atoms with van der Waals surface area (Å²) in [5.74, 6) is -1.18. The number of nitrogens with one attached hydrogen (secondary N) is 2. The molecule has 0 saturated carbocycles. The number of fused-ring (bicyclic) bond motifs is 1. The van der Waals surface area contributed by atoms with Gasteiger partial charge in [0, 0.05) is 25.2 Å². The molecule has 2 atom stereocenters. The Morgan fingerprint density at radius 3 is 2.53 bits per heavy atom. The molecule has 0 spiro atoms. The van der Waals surface area contributed by atoms with E-state index >= 15 is 0 Å². The van der Waals surface area contributed by atoms with E-state index in [2.05, 4.69) is 10.2 Å². The molecule has 32 heavy (non-hydrogen) atoms. The molecule has 2 aromatic carbocycles. The van der Waals surface area contributed by atoms with Crippen molar-refractivity contribution in [2.75, 3.05) is 31.1 Å². The van der Waals surface area contributed by atoms with Gasteiger partial charge in [0.1, 0.15) is 12.4 Å². The highest BCUT2D eigenvalue weighted by Gasteiger charge is 2.40. The average molecular weight is 440 g/mol. The Morgan fingerprint density at radius 2 is 1.81 bits per heavy atom. The summed E-state index contributed by atoms with van der Waals surface area (Å²) < 4.78 is 5.68. The third kappa shape index (κ3) is 4.45. The van der Waals surface area contributed by atoms with E-state index in [0.717, 1.165) is 28.4 Å². The Labute approximate surface area is 184 Å². The Morgan fingerprint density at radius 1 is 1.06 bits per heavy atom. The molecule has 1 saturated heterocycles. The summed E-state index contributed by atoms with van der Waals surface area (Å²) in [7, 11) is 0. The molecule has 168 valence electrons. The monoisotopic (exact) mass is 440 g/mol. The number of hydrogen-bond acceptors (Lipinski definition) is 6. The van der Waals surface area contributed by atoms with E-state index < -0.39 is 29.9 Å². The van der Waals surface area contributed by atoms with E-state index in [-0.39, 0.29) is 13.1 Å². The predicted octanol–water partition coefficient (Wildman–Crippen LogP) is 1.30. The number of anilines is 1. The first-order valence-electron chi connectivity index (χ1n) is 10.2. The first-order valence-corrected chi connectivity index (χ1v) is 10.2. The van der Waals surface area contributed by atoms with Crippen molar-refractivity contribution in [1.29, 1.82) is 0 Å². The number of likely N-dealkylation sites (tertiary alicyclic amines) is 1. The second kappa shape index (κ2) is 9.15. The van der Waals surface area contributed by atoms with Crippen LogP contribution < -0.4 is 20.4 Å². The normalized spacial score (nSPS) is 19.7. The summed E-state index contributed by atoms with van der Waals surface area (Å²) in [6, 6.07) is 14.2. The average Bonchev–Trinajstić information content (AvgIpc) is 3.23. The van der Waals surface area contributed by atoms with E-state index in [4.69, 9.17) is 9.94 Å². The van der Waals surface area contributed by atoms with Crippen LogP contribution in [-0.2, 0) is 11.3 Å². The van der Waals surface area contributed by atoms with Crippen LogP contribution in [-0.4, -0.2) is 65.4 Å². The summed E-state index contributed by atoms with van der Waals surface area (Å²) >= 11 is 0. The van der Waals surface area contributed by atoms with Crippen LogP contribution in [0.15, 0.2) is 48.5 Å². The van der Waals surface area contributed by atoms with Crippen molar-refractivity contribution in [3.05, 3.63) is 59.7 Å². The molecule has 0 aliphatic carbocycles. The van der Waals surface area contributed by atoms with Gasteiger partial charge in [-0.15, -0.1) is 0 Å². The standard InChI is InChI=1S/C22H24N4O6/c27-20(23-17-13-26(22(29)30)12-16(17)21(28)24-31)15-7-5-14(6-8-15)11-25-9-10-32-19-4-2-1-3-18(19)25/h1-8,16-17,31H,9-13H2,(H,23,27)(H,24,28)(H,29,30)/t16-,17+/m0/s1.